The number of aryl methyl sites for hydroxylation is 2. The molecule has 2 aromatic heterocycles. The number of nitrogens with zero attached hydrogens (tertiary/aromatic N) is 3. The highest BCUT2D eigenvalue weighted by atomic mass is 32.1. The Kier molecular flexibility index (Phi) is 4.61. The van der Waals surface area contributed by atoms with Crippen LogP contribution in [0.3, 0.4) is 0 Å². The fraction of sp³-hybridized carbons (Fsp3) is 0.235. The topological polar surface area (TPSA) is 71.3 Å². The zero-order valence-corrected chi connectivity index (χ0v) is 14.6. The lowest BCUT2D eigenvalue weighted by atomic mass is 10.2. The summed E-state index contributed by atoms with van der Waals surface area (Å²) >= 11 is 1.46. The zero-order chi connectivity index (χ0) is 17.1. The van der Waals surface area contributed by atoms with E-state index >= 15 is 0 Å². The Balaban J connectivity index is 1.69. The van der Waals surface area contributed by atoms with Gasteiger partial charge in [-0.05, 0) is 13.8 Å². The van der Waals surface area contributed by atoms with Crippen molar-refractivity contribution < 1.29 is 9.32 Å². The normalized spacial score (nSPS) is 10.6. The van der Waals surface area contributed by atoms with Gasteiger partial charge in [-0.25, -0.2) is 9.78 Å². The summed E-state index contributed by atoms with van der Waals surface area (Å²) in [5.74, 6) is 0.726. The number of rotatable bonds is 4. The van der Waals surface area contributed by atoms with Crippen molar-refractivity contribution in [2.45, 2.75) is 20.4 Å². The highest BCUT2D eigenvalue weighted by Gasteiger charge is 2.16. The molecule has 0 fully saturated rings. The smallest absolute Gasteiger partial charge is 0.322 e. The molecule has 2 amide bonds. The van der Waals surface area contributed by atoms with E-state index in [4.69, 9.17) is 4.52 Å². The van der Waals surface area contributed by atoms with E-state index in [9.17, 15) is 4.79 Å². The van der Waals surface area contributed by atoms with Gasteiger partial charge in [-0.3, -0.25) is 5.32 Å². The molecule has 0 aliphatic carbocycles. The lowest BCUT2D eigenvalue weighted by Crippen LogP contribution is -2.30. The Morgan fingerprint density at radius 1 is 1.29 bits per heavy atom. The molecule has 3 rings (SSSR count). The summed E-state index contributed by atoms with van der Waals surface area (Å²) in [6, 6.07) is 11.5. The highest BCUT2D eigenvalue weighted by molar-refractivity contribution is 7.19. The zero-order valence-electron chi connectivity index (χ0n) is 13.7. The van der Waals surface area contributed by atoms with Gasteiger partial charge in [0, 0.05) is 18.7 Å². The molecule has 0 bridgehead atoms. The van der Waals surface area contributed by atoms with Gasteiger partial charge < -0.3 is 9.42 Å². The quantitative estimate of drug-likeness (QED) is 0.775. The van der Waals surface area contributed by atoms with E-state index in [1.807, 2.05) is 50.2 Å². The predicted molar refractivity (Wildman–Crippen MR) is 94.0 cm³/mol. The van der Waals surface area contributed by atoms with E-state index in [-0.39, 0.29) is 6.03 Å². The van der Waals surface area contributed by atoms with E-state index in [2.05, 4.69) is 15.5 Å². The number of urea groups is 1. The van der Waals surface area contributed by atoms with Crippen LogP contribution in [-0.2, 0) is 6.54 Å². The number of hydrogen-bond donors (Lipinski definition) is 1. The molecule has 2 heterocycles. The summed E-state index contributed by atoms with van der Waals surface area (Å²) in [7, 11) is 1.72. The average Bonchev–Trinajstić information content (AvgIpc) is 3.14. The van der Waals surface area contributed by atoms with Gasteiger partial charge in [-0.2, -0.15) is 0 Å². The van der Waals surface area contributed by atoms with E-state index in [0.717, 1.165) is 32.7 Å². The lowest BCUT2D eigenvalue weighted by molar-refractivity contribution is 0.219. The van der Waals surface area contributed by atoms with Crippen molar-refractivity contribution in [2.24, 2.45) is 0 Å². The van der Waals surface area contributed by atoms with Crippen LogP contribution in [0, 0.1) is 13.8 Å². The SMILES string of the molecule is Cc1cc(CN(C)C(=O)Nc2sc(-c3ccccc3)nc2C)no1. The Hall–Kier alpha value is -2.67. The standard InChI is InChI=1S/C17H18N4O2S/c1-11-9-14(20-23-11)10-21(3)17(22)19-15-12(2)18-16(24-15)13-7-5-4-6-8-13/h4-9H,10H2,1-3H3,(H,19,22). The first kappa shape index (κ1) is 16.2. The number of carbonyl (C=O) groups excluding carboxylic acids is 1. The third-order valence-electron chi connectivity index (χ3n) is 3.46. The number of amides is 2. The molecule has 3 aromatic rings. The molecule has 0 aliphatic heterocycles. The van der Waals surface area contributed by atoms with E-state index in [0.29, 0.717) is 6.54 Å². The number of aromatic nitrogens is 2. The van der Waals surface area contributed by atoms with Crippen molar-refractivity contribution in [2.75, 3.05) is 12.4 Å². The maximum atomic E-state index is 12.4. The van der Waals surface area contributed by atoms with Crippen LogP contribution in [0.4, 0.5) is 9.80 Å². The van der Waals surface area contributed by atoms with Crippen LogP contribution >= 0.6 is 11.3 Å². The molecule has 0 aliphatic rings. The lowest BCUT2D eigenvalue weighted by Gasteiger charge is -2.15. The van der Waals surface area contributed by atoms with Gasteiger partial charge in [0.2, 0.25) is 0 Å². The molecule has 0 saturated heterocycles. The van der Waals surface area contributed by atoms with Crippen LogP contribution < -0.4 is 5.32 Å². The summed E-state index contributed by atoms with van der Waals surface area (Å²) in [5.41, 5.74) is 2.56. The molecule has 24 heavy (non-hydrogen) atoms. The van der Waals surface area contributed by atoms with Gasteiger partial charge in [-0.15, -0.1) is 0 Å². The van der Waals surface area contributed by atoms with Gasteiger partial charge >= 0.3 is 6.03 Å². The Bertz CT molecular complexity index is 841. The van der Waals surface area contributed by atoms with Crippen LogP contribution in [-0.4, -0.2) is 28.1 Å². The van der Waals surface area contributed by atoms with E-state index < -0.39 is 0 Å². The van der Waals surface area contributed by atoms with Gasteiger partial charge in [0.05, 0.1) is 12.2 Å². The molecular formula is C17H18N4O2S. The fourth-order valence-electron chi connectivity index (χ4n) is 2.22. The third-order valence-corrected chi connectivity index (χ3v) is 4.58. The minimum atomic E-state index is -0.206. The number of thiazole rings is 1. The average molecular weight is 342 g/mol. The Morgan fingerprint density at radius 2 is 2.04 bits per heavy atom. The maximum Gasteiger partial charge on any atom is 0.322 e. The minimum Gasteiger partial charge on any atom is -0.361 e. The van der Waals surface area contributed by atoms with Crippen LogP contribution in [0.1, 0.15) is 17.1 Å². The second-order valence-corrected chi connectivity index (χ2v) is 6.51. The summed E-state index contributed by atoms with van der Waals surface area (Å²) in [4.78, 5) is 18.4. The number of hydrogen-bond acceptors (Lipinski definition) is 5. The first-order valence-corrected chi connectivity index (χ1v) is 8.32. The van der Waals surface area contributed by atoms with Crippen LogP contribution in [0.5, 0.6) is 0 Å². The van der Waals surface area contributed by atoms with Gasteiger partial charge in [-0.1, -0.05) is 46.8 Å². The van der Waals surface area contributed by atoms with Gasteiger partial charge in [0.25, 0.3) is 0 Å². The van der Waals surface area contributed by atoms with Crippen LogP contribution in [0.15, 0.2) is 40.9 Å². The van der Waals surface area contributed by atoms with Crippen molar-refractivity contribution in [1.82, 2.24) is 15.0 Å². The molecule has 0 saturated carbocycles. The molecule has 7 heteroatoms. The van der Waals surface area contributed by atoms with Crippen molar-refractivity contribution in [1.29, 1.82) is 0 Å². The first-order valence-electron chi connectivity index (χ1n) is 7.50. The van der Waals surface area contributed by atoms with Crippen LogP contribution in [0.25, 0.3) is 10.6 Å². The summed E-state index contributed by atoms with van der Waals surface area (Å²) in [5, 5.41) is 8.45. The van der Waals surface area contributed by atoms with Crippen molar-refractivity contribution >= 4 is 22.4 Å². The van der Waals surface area contributed by atoms with E-state index in [1.54, 1.807) is 11.9 Å². The fourth-order valence-corrected chi connectivity index (χ4v) is 3.18. The molecule has 6 nitrogen and oxygen atoms in total. The molecule has 0 radical (unpaired) electrons. The molecule has 0 atom stereocenters. The Labute approximate surface area is 144 Å². The van der Waals surface area contributed by atoms with Crippen molar-refractivity contribution in [3.8, 4) is 10.6 Å². The molecule has 1 aromatic carbocycles. The third kappa shape index (κ3) is 3.62. The summed E-state index contributed by atoms with van der Waals surface area (Å²) in [6.07, 6.45) is 0. The number of anilines is 1. The monoisotopic (exact) mass is 342 g/mol. The predicted octanol–water partition coefficient (Wildman–Crippen LogP) is 4.08. The largest absolute Gasteiger partial charge is 0.361 e. The molecule has 124 valence electrons. The second kappa shape index (κ2) is 6.84. The highest BCUT2D eigenvalue weighted by Crippen LogP contribution is 2.31. The first-order chi connectivity index (χ1) is 11.5. The molecule has 1 N–H and O–H groups in total. The van der Waals surface area contributed by atoms with Gasteiger partial charge in [0.15, 0.2) is 0 Å². The number of carbonyl (C=O) groups is 1. The number of benzene rings is 1. The minimum absolute atomic E-state index is 0.206. The van der Waals surface area contributed by atoms with Crippen molar-refractivity contribution in [3.63, 3.8) is 0 Å². The van der Waals surface area contributed by atoms with Crippen molar-refractivity contribution in [3.05, 3.63) is 53.5 Å². The van der Waals surface area contributed by atoms with Crippen LogP contribution in [0.2, 0.25) is 0 Å². The maximum absolute atomic E-state index is 12.4. The second-order valence-electron chi connectivity index (χ2n) is 5.51. The Morgan fingerprint density at radius 3 is 2.71 bits per heavy atom. The van der Waals surface area contributed by atoms with E-state index in [1.165, 1.54) is 11.3 Å². The molecule has 0 unspecified atom stereocenters. The summed E-state index contributed by atoms with van der Waals surface area (Å²) in [6.45, 7) is 4.09. The molecule has 0 spiro atoms. The molecular weight excluding hydrogens is 324 g/mol. The van der Waals surface area contributed by atoms with Gasteiger partial charge in [0.1, 0.15) is 21.5 Å². The number of nitrogens with one attached hydrogen (secondary N) is 1. The summed E-state index contributed by atoms with van der Waals surface area (Å²) < 4.78 is 5.02.